The molecule has 124 valence electrons. The normalized spacial score (nSPS) is 33.2. The van der Waals surface area contributed by atoms with Crippen LogP contribution >= 0.6 is 0 Å². The second-order valence-electron chi connectivity index (χ2n) is 6.53. The van der Waals surface area contributed by atoms with Gasteiger partial charge in [-0.3, -0.25) is 14.4 Å². The Morgan fingerprint density at radius 2 is 2.12 bits per heavy atom. The lowest BCUT2D eigenvalue weighted by atomic mass is 9.77. The summed E-state index contributed by atoms with van der Waals surface area (Å²) in [7, 11) is 0. The molecular formula is C18H17NO5. The van der Waals surface area contributed by atoms with Gasteiger partial charge in [0.2, 0.25) is 11.8 Å². The van der Waals surface area contributed by atoms with E-state index in [1.165, 1.54) is 11.8 Å². The summed E-state index contributed by atoms with van der Waals surface area (Å²) in [4.78, 5) is 38.3. The van der Waals surface area contributed by atoms with Crippen LogP contribution < -0.4 is 4.90 Å². The van der Waals surface area contributed by atoms with E-state index >= 15 is 0 Å². The third-order valence-corrected chi connectivity index (χ3v) is 4.92. The summed E-state index contributed by atoms with van der Waals surface area (Å²) in [6, 6.07) is 7.29. The number of aryl methyl sites for hydroxylation is 1. The van der Waals surface area contributed by atoms with Crippen LogP contribution in [0.15, 0.2) is 36.4 Å². The molecule has 0 spiro atoms. The summed E-state index contributed by atoms with van der Waals surface area (Å²) in [5.41, 5.74) is 0.505. The van der Waals surface area contributed by atoms with Crippen LogP contribution in [0, 0.1) is 18.8 Å². The van der Waals surface area contributed by atoms with Gasteiger partial charge in [-0.1, -0.05) is 18.2 Å². The van der Waals surface area contributed by atoms with Crippen LogP contribution in [0.4, 0.5) is 5.69 Å². The number of amides is 2. The maximum Gasteiger partial charge on any atom is 0.302 e. The van der Waals surface area contributed by atoms with Gasteiger partial charge in [-0.25, -0.2) is 4.90 Å². The molecule has 2 saturated heterocycles. The predicted molar refractivity (Wildman–Crippen MR) is 84.0 cm³/mol. The molecule has 4 rings (SSSR count). The largest absolute Gasteiger partial charge is 0.462 e. The van der Waals surface area contributed by atoms with Gasteiger partial charge in [0.1, 0.15) is 12.2 Å². The van der Waals surface area contributed by atoms with Crippen LogP contribution in [0.5, 0.6) is 0 Å². The molecule has 3 aliphatic heterocycles. The molecule has 4 atom stereocenters. The number of imide groups is 1. The van der Waals surface area contributed by atoms with E-state index < -0.39 is 29.5 Å². The standard InChI is InChI=1S/C18H17NO5/c1-10-4-3-5-12(8-10)19-16(21)14-13-6-7-18(24-13,9-23-11(2)20)15(14)17(19)22/h3-8,13-15H,9H2,1-2H3. The minimum atomic E-state index is -1.04. The smallest absolute Gasteiger partial charge is 0.302 e. The van der Waals surface area contributed by atoms with Gasteiger partial charge in [0.25, 0.3) is 0 Å². The van der Waals surface area contributed by atoms with Gasteiger partial charge in [-0.05, 0) is 30.7 Å². The Bertz CT molecular complexity index is 785. The summed E-state index contributed by atoms with van der Waals surface area (Å²) in [5, 5.41) is 0. The van der Waals surface area contributed by atoms with Gasteiger partial charge in [-0.15, -0.1) is 0 Å². The fourth-order valence-corrected chi connectivity index (χ4v) is 3.90. The summed E-state index contributed by atoms with van der Waals surface area (Å²) in [6.07, 6.45) is 3.10. The Kier molecular flexibility index (Phi) is 3.15. The maximum absolute atomic E-state index is 13.0. The van der Waals surface area contributed by atoms with Crippen LogP contribution in [0.1, 0.15) is 12.5 Å². The summed E-state index contributed by atoms with van der Waals surface area (Å²) >= 11 is 0. The number of hydrogen-bond acceptors (Lipinski definition) is 5. The Hall–Kier alpha value is -2.47. The number of carbonyl (C=O) groups is 3. The average Bonchev–Trinajstić information content (AvgIpc) is 3.16. The summed E-state index contributed by atoms with van der Waals surface area (Å²) < 4.78 is 11.0. The first kappa shape index (κ1) is 15.1. The van der Waals surface area contributed by atoms with E-state index in [2.05, 4.69) is 0 Å². The third kappa shape index (κ3) is 1.96. The Balaban J connectivity index is 1.70. The SMILES string of the molecule is CC(=O)OCC12C=CC(O1)C1C(=O)N(c3cccc(C)c3)C(=O)C12. The maximum atomic E-state index is 13.0. The van der Waals surface area contributed by atoms with Gasteiger partial charge >= 0.3 is 5.97 Å². The summed E-state index contributed by atoms with van der Waals surface area (Å²) in [6.45, 7) is 3.16. The zero-order chi connectivity index (χ0) is 17.1. The predicted octanol–water partition coefficient (Wildman–Crippen LogP) is 1.37. The molecule has 1 aromatic rings. The monoisotopic (exact) mass is 327 g/mol. The number of benzene rings is 1. The molecular weight excluding hydrogens is 310 g/mol. The third-order valence-electron chi connectivity index (χ3n) is 4.92. The van der Waals surface area contributed by atoms with Crippen molar-refractivity contribution in [2.45, 2.75) is 25.6 Å². The van der Waals surface area contributed by atoms with Crippen LogP contribution in [0.2, 0.25) is 0 Å². The number of carbonyl (C=O) groups excluding carboxylic acids is 3. The molecule has 0 aromatic heterocycles. The number of ether oxygens (including phenoxy) is 2. The number of nitrogens with zero attached hydrogens (tertiary/aromatic N) is 1. The number of hydrogen-bond donors (Lipinski definition) is 0. The van der Waals surface area contributed by atoms with Crippen LogP contribution in [0.25, 0.3) is 0 Å². The van der Waals surface area contributed by atoms with Gasteiger partial charge in [-0.2, -0.15) is 0 Å². The second kappa shape index (κ2) is 5.01. The van der Waals surface area contributed by atoms with E-state index in [1.807, 2.05) is 25.1 Å². The molecule has 3 heterocycles. The van der Waals surface area contributed by atoms with Crippen molar-refractivity contribution >= 4 is 23.5 Å². The van der Waals surface area contributed by atoms with Crippen molar-refractivity contribution < 1.29 is 23.9 Å². The first-order valence-electron chi connectivity index (χ1n) is 7.88. The average molecular weight is 327 g/mol. The minimum absolute atomic E-state index is 0.0584. The number of esters is 1. The lowest BCUT2D eigenvalue weighted by Gasteiger charge is -2.28. The van der Waals surface area contributed by atoms with E-state index in [1.54, 1.807) is 18.2 Å². The Morgan fingerprint density at radius 1 is 1.33 bits per heavy atom. The number of fused-ring (bicyclic) bond motifs is 5. The van der Waals surface area contributed by atoms with E-state index in [4.69, 9.17) is 9.47 Å². The van der Waals surface area contributed by atoms with Gasteiger partial charge in [0.05, 0.1) is 23.6 Å². The number of rotatable bonds is 3. The molecule has 3 aliphatic rings. The van der Waals surface area contributed by atoms with Crippen molar-refractivity contribution in [2.75, 3.05) is 11.5 Å². The van der Waals surface area contributed by atoms with Crippen molar-refractivity contribution in [1.82, 2.24) is 0 Å². The van der Waals surface area contributed by atoms with E-state index in [0.717, 1.165) is 5.56 Å². The molecule has 2 fully saturated rings. The molecule has 0 saturated carbocycles. The molecule has 6 nitrogen and oxygen atoms in total. The van der Waals surface area contributed by atoms with Crippen LogP contribution in [-0.2, 0) is 23.9 Å². The first-order chi connectivity index (χ1) is 11.4. The fraction of sp³-hybridized carbons (Fsp3) is 0.389. The van der Waals surface area contributed by atoms with Gasteiger partial charge < -0.3 is 9.47 Å². The highest BCUT2D eigenvalue weighted by Gasteiger charge is 2.68. The molecule has 2 amide bonds. The van der Waals surface area contributed by atoms with Crippen molar-refractivity contribution in [3.63, 3.8) is 0 Å². The van der Waals surface area contributed by atoms with Gasteiger partial charge in [0, 0.05) is 6.92 Å². The van der Waals surface area contributed by atoms with Crippen molar-refractivity contribution in [1.29, 1.82) is 0 Å². The molecule has 0 N–H and O–H groups in total. The highest BCUT2D eigenvalue weighted by atomic mass is 16.6. The zero-order valence-electron chi connectivity index (χ0n) is 13.4. The topological polar surface area (TPSA) is 72.9 Å². The van der Waals surface area contributed by atoms with Crippen molar-refractivity contribution in [3.8, 4) is 0 Å². The fourth-order valence-electron chi connectivity index (χ4n) is 3.90. The lowest BCUT2D eigenvalue weighted by molar-refractivity contribution is -0.150. The van der Waals surface area contributed by atoms with E-state index in [9.17, 15) is 14.4 Å². The molecule has 0 radical (unpaired) electrons. The Morgan fingerprint density at radius 3 is 2.83 bits per heavy atom. The first-order valence-corrected chi connectivity index (χ1v) is 7.88. The van der Waals surface area contributed by atoms with E-state index in [-0.39, 0.29) is 18.4 Å². The highest BCUT2D eigenvalue weighted by molar-refractivity contribution is 6.23. The molecule has 0 aliphatic carbocycles. The molecule has 6 heteroatoms. The number of anilines is 1. The Labute approximate surface area is 139 Å². The summed E-state index contributed by atoms with van der Waals surface area (Å²) in [5.74, 6) is -2.21. The second-order valence-corrected chi connectivity index (χ2v) is 6.53. The molecule has 24 heavy (non-hydrogen) atoms. The van der Waals surface area contributed by atoms with E-state index in [0.29, 0.717) is 5.69 Å². The zero-order valence-corrected chi connectivity index (χ0v) is 13.4. The minimum Gasteiger partial charge on any atom is -0.462 e. The molecule has 1 aromatic carbocycles. The van der Waals surface area contributed by atoms with Gasteiger partial charge in [0.15, 0.2) is 0 Å². The van der Waals surface area contributed by atoms with Crippen LogP contribution in [-0.4, -0.2) is 36.1 Å². The van der Waals surface area contributed by atoms with Crippen molar-refractivity contribution in [3.05, 3.63) is 42.0 Å². The molecule has 4 unspecified atom stereocenters. The quantitative estimate of drug-likeness (QED) is 0.476. The van der Waals surface area contributed by atoms with Crippen molar-refractivity contribution in [2.24, 2.45) is 11.8 Å². The highest BCUT2D eigenvalue weighted by Crippen LogP contribution is 2.52. The molecule has 2 bridgehead atoms. The van der Waals surface area contributed by atoms with Crippen LogP contribution in [0.3, 0.4) is 0 Å². The lowest BCUT2D eigenvalue weighted by Crippen LogP contribution is -2.44.